The van der Waals surface area contributed by atoms with Gasteiger partial charge < -0.3 is 15.7 Å². The molecule has 1 aromatic carbocycles. The number of hydrogen-bond donors (Lipinski definition) is 3. The molecule has 6 heteroatoms. The molecule has 0 unspecified atom stereocenters. The molecule has 5 nitrogen and oxygen atoms in total. The van der Waals surface area contributed by atoms with Gasteiger partial charge in [-0.3, -0.25) is 9.59 Å². The van der Waals surface area contributed by atoms with Gasteiger partial charge in [0.05, 0.1) is 12.1 Å². The number of rotatable bonds is 3. The van der Waals surface area contributed by atoms with Crippen LogP contribution in [0.5, 0.6) is 0 Å². The third kappa shape index (κ3) is 4.41. The maximum absolute atomic E-state index is 13.1. The molecule has 0 aliphatic rings. The molecule has 0 radical (unpaired) electrons. The predicted octanol–water partition coefficient (Wildman–Crippen LogP) is -0.355. The van der Waals surface area contributed by atoms with Crippen molar-refractivity contribution >= 4 is 11.8 Å². The zero-order valence-corrected chi connectivity index (χ0v) is 10.3. The second kappa shape index (κ2) is 7.13. The highest BCUT2D eigenvalue weighted by Crippen LogP contribution is 2.10. The fourth-order valence-corrected chi connectivity index (χ4v) is 1.29. The van der Waals surface area contributed by atoms with E-state index in [9.17, 15) is 14.0 Å². The van der Waals surface area contributed by atoms with Crippen molar-refractivity contribution < 1.29 is 19.1 Å². The summed E-state index contributed by atoms with van der Waals surface area (Å²) in [7, 11) is 1.44. The molecule has 1 rings (SSSR count). The highest BCUT2D eigenvalue weighted by Gasteiger charge is 2.12. The van der Waals surface area contributed by atoms with E-state index in [1.54, 1.807) is 0 Å². The zero-order valence-electron chi connectivity index (χ0n) is 10.3. The molecule has 0 heterocycles. The summed E-state index contributed by atoms with van der Waals surface area (Å²) in [4.78, 5) is 22.8. The second-order valence-electron chi connectivity index (χ2n) is 3.51. The first-order valence-corrected chi connectivity index (χ1v) is 5.46. The Balaban J connectivity index is 2.94. The van der Waals surface area contributed by atoms with Crippen LogP contribution in [-0.2, 0) is 4.79 Å². The molecular formula is C13H13FN2O3. The molecule has 1 aromatic rings. The number of benzene rings is 1. The molecule has 0 aliphatic heterocycles. The van der Waals surface area contributed by atoms with Gasteiger partial charge >= 0.3 is 0 Å². The lowest BCUT2D eigenvalue weighted by molar-refractivity contribution is -0.119. The molecule has 0 bridgehead atoms. The minimum absolute atomic E-state index is 0.0184. The first kappa shape index (κ1) is 14.7. The standard InChI is InChI=1S/C13H13FN2O3/c1-15-12(18)8-16-13(19)11-7-10(14)5-4-9(11)3-2-6-17/h4-5,7,17H,6,8H2,1H3,(H,15,18)(H,16,19). The van der Waals surface area contributed by atoms with E-state index in [4.69, 9.17) is 5.11 Å². The Labute approximate surface area is 109 Å². The van der Waals surface area contributed by atoms with E-state index in [2.05, 4.69) is 22.5 Å². The Morgan fingerprint density at radius 1 is 1.42 bits per heavy atom. The zero-order chi connectivity index (χ0) is 14.3. The monoisotopic (exact) mass is 264 g/mol. The fraction of sp³-hybridized carbons (Fsp3) is 0.231. The molecule has 0 aliphatic carbocycles. The lowest BCUT2D eigenvalue weighted by Gasteiger charge is -2.06. The van der Waals surface area contributed by atoms with Crippen molar-refractivity contribution in [3.8, 4) is 11.8 Å². The van der Waals surface area contributed by atoms with Crippen LogP contribution in [0.3, 0.4) is 0 Å². The highest BCUT2D eigenvalue weighted by molar-refractivity contribution is 5.98. The van der Waals surface area contributed by atoms with Crippen molar-refractivity contribution in [2.75, 3.05) is 20.2 Å². The normalized spacial score (nSPS) is 9.21. The Hall–Kier alpha value is -2.39. The van der Waals surface area contributed by atoms with Crippen LogP contribution in [-0.4, -0.2) is 37.1 Å². The summed E-state index contributed by atoms with van der Waals surface area (Å²) in [5.74, 6) is 3.37. The van der Waals surface area contributed by atoms with Crippen LogP contribution in [0.4, 0.5) is 4.39 Å². The Kier molecular flexibility index (Phi) is 5.51. The molecule has 0 saturated carbocycles. The van der Waals surface area contributed by atoms with E-state index in [-0.39, 0.29) is 30.2 Å². The Morgan fingerprint density at radius 2 is 2.16 bits per heavy atom. The van der Waals surface area contributed by atoms with Crippen LogP contribution >= 0.6 is 0 Å². The molecule has 0 spiro atoms. The number of aliphatic hydroxyl groups is 1. The molecule has 0 atom stereocenters. The van der Waals surface area contributed by atoms with Gasteiger partial charge in [-0.2, -0.15) is 0 Å². The third-order valence-corrected chi connectivity index (χ3v) is 2.22. The van der Waals surface area contributed by atoms with Crippen LogP contribution in [0.2, 0.25) is 0 Å². The van der Waals surface area contributed by atoms with Crippen molar-refractivity contribution in [3.63, 3.8) is 0 Å². The number of halogens is 1. The molecular weight excluding hydrogens is 251 g/mol. The van der Waals surface area contributed by atoms with Gasteiger partial charge in [0.25, 0.3) is 5.91 Å². The van der Waals surface area contributed by atoms with E-state index in [1.165, 1.54) is 13.1 Å². The van der Waals surface area contributed by atoms with E-state index in [0.717, 1.165) is 12.1 Å². The summed E-state index contributed by atoms with van der Waals surface area (Å²) >= 11 is 0. The van der Waals surface area contributed by atoms with E-state index >= 15 is 0 Å². The minimum Gasteiger partial charge on any atom is -0.384 e. The molecule has 3 N–H and O–H groups in total. The fourth-order valence-electron chi connectivity index (χ4n) is 1.29. The molecule has 2 amide bonds. The van der Waals surface area contributed by atoms with Gasteiger partial charge in [0, 0.05) is 12.6 Å². The minimum atomic E-state index is -0.606. The Morgan fingerprint density at radius 3 is 2.79 bits per heavy atom. The van der Waals surface area contributed by atoms with Gasteiger partial charge in [-0.05, 0) is 18.2 Å². The van der Waals surface area contributed by atoms with Crippen LogP contribution in [0.1, 0.15) is 15.9 Å². The number of aliphatic hydroxyl groups excluding tert-OH is 1. The summed E-state index contributed by atoms with van der Waals surface area (Å²) in [6, 6.07) is 3.53. The van der Waals surface area contributed by atoms with Crippen molar-refractivity contribution in [3.05, 3.63) is 35.1 Å². The van der Waals surface area contributed by atoms with Crippen LogP contribution in [0, 0.1) is 17.7 Å². The molecule has 0 saturated heterocycles. The van der Waals surface area contributed by atoms with Crippen LogP contribution in [0.25, 0.3) is 0 Å². The van der Waals surface area contributed by atoms with Gasteiger partial charge in [-0.25, -0.2) is 4.39 Å². The van der Waals surface area contributed by atoms with Gasteiger partial charge in [0.2, 0.25) is 5.91 Å². The number of amides is 2. The van der Waals surface area contributed by atoms with Crippen molar-refractivity contribution in [1.82, 2.24) is 10.6 Å². The first-order chi connectivity index (χ1) is 9.08. The van der Waals surface area contributed by atoms with Crippen LogP contribution < -0.4 is 10.6 Å². The number of nitrogens with one attached hydrogen (secondary N) is 2. The van der Waals surface area contributed by atoms with E-state index < -0.39 is 11.7 Å². The van der Waals surface area contributed by atoms with E-state index in [0.29, 0.717) is 0 Å². The average molecular weight is 264 g/mol. The summed E-state index contributed by atoms with van der Waals surface area (Å²) in [6.45, 7) is -0.574. The summed E-state index contributed by atoms with van der Waals surface area (Å²) in [5.41, 5.74) is 0.301. The first-order valence-electron chi connectivity index (χ1n) is 5.46. The van der Waals surface area contributed by atoms with Gasteiger partial charge in [0.1, 0.15) is 12.4 Å². The summed E-state index contributed by atoms with van der Waals surface area (Å²) < 4.78 is 13.1. The second-order valence-corrected chi connectivity index (χ2v) is 3.51. The lowest BCUT2D eigenvalue weighted by atomic mass is 10.1. The smallest absolute Gasteiger partial charge is 0.253 e. The number of carbonyl (C=O) groups excluding carboxylic acids is 2. The third-order valence-electron chi connectivity index (χ3n) is 2.22. The summed E-state index contributed by atoms with van der Waals surface area (Å²) in [5, 5.41) is 13.3. The molecule has 0 aromatic heterocycles. The topological polar surface area (TPSA) is 78.4 Å². The van der Waals surface area contributed by atoms with Gasteiger partial charge in [-0.1, -0.05) is 11.8 Å². The van der Waals surface area contributed by atoms with Gasteiger partial charge in [-0.15, -0.1) is 0 Å². The van der Waals surface area contributed by atoms with E-state index in [1.807, 2.05) is 0 Å². The lowest BCUT2D eigenvalue weighted by Crippen LogP contribution is -2.35. The summed E-state index contributed by atoms with van der Waals surface area (Å²) in [6.07, 6.45) is 0. The van der Waals surface area contributed by atoms with Crippen molar-refractivity contribution in [2.24, 2.45) is 0 Å². The van der Waals surface area contributed by atoms with Gasteiger partial charge in [0.15, 0.2) is 0 Å². The van der Waals surface area contributed by atoms with Crippen LogP contribution in [0.15, 0.2) is 18.2 Å². The maximum atomic E-state index is 13.1. The SMILES string of the molecule is CNC(=O)CNC(=O)c1cc(F)ccc1C#CCO. The Bertz CT molecular complexity index is 547. The molecule has 0 fully saturated rings. The van der Waals surface area contributed by atoms with Crippen molar-refractivity contribution in [1.29, 1.82) is 0 Å². The average Bonchev–Trinajstić information content (AvgIpc) is 2.42. The highest BCUT2D eigenvalue weighted by atomic mass is 19.1. The quantitative estimate of drug-likeness (QED) is 0.653. The number of likely N-dealkylation sites (N-methyl/N-ethyl adjacent to an activating group) is 1. The number of carbonyl (C=O) groups is 2. The predicted molar refractivity (Wildman–Crippen MR) is 66.8 cm³/mol. The molecule has 19 heavy (non-hydrogen) atoms. The molecule has 100 valence electrons. The van der Waals surface area contributed by atoms with Crippen molar-refractivity contribution in [2.45, 2.75) is 0 Å². The number of hydrogen-bond acceptors (Lipinski definition) is 3. The largest absolute Gasteiger partial charge is 0.384 e. The maximum Gasteiger partial charge on any atom is 0.253 e.